The van der Waals surface area contributed by atoms with Gasteiger partial charge >= 0.3 is 11.9 Å². The van der Waals surface area contributed by atoms with Crippen LogP contribution in [0.3, 0.4) is 0 Å². The molecule has 6 nitrogen and oxygen atoms in total. The molecule has 6 heteroatoms. The number of nitrogens with zero attached hydrogens (tertiary/aromatic N) is 1. The smallest absolute Gasteiger partial charge is 0.320 e. The van der Waals surface area contributed by atoms with Gasteiger partial charge in [0.2, 0.25) is 0 Å². The second kappa shape index (κ2) is 8.76. The van der Waals surface area contributed by atoms with E-state index in [1.54, 1.807) is 0 Å². The Labute approximate surface area is 147 Å². The van der Waals surface area contributed by atoms with Crippen molar-refractivity contribution in [2.45, 2.75) is 51.2 Å². The fourth-order valence-electron chi connectivity index (χ4n) is 3.59. The Balaban J connectivity index is 2.25. The zero-order valence-electron chi connectivity index (χ0n) is 14.7. The van der Waals surface area contributed by atoms with E-state index >= 15 is 0 Å². The van der Waals surface area contributed by atoms with E-state index in [9.17, 15) is 19.5 Å². The molecule has 1 aliphatic heterocycles. The van der Waals surface area contributed by atoms with E-state index in [0.717, 1.165) is 5.56 Å². The van der Waals surface area contributed by atoms with Crippen LogP contribution < -0.4 is 0 Å². The number of carbonyl (C=O) groups excluding carboxylic acids is 2. The second-order valence-electron chi connectivity index (χ2n) is 6.53. The van der Waals surface area contributed by atoms with Crippen LogP contribution in [-0.2, 0) is 25.7 Å². The zero-order valence-corrected chi connectivity index (χ0v) is 14.7. The molecule has 1 heterocycles. The van der Waals surface area contributed by atoms with Crippen molar-refractivity contribution < 1.29 is 24.2 Å². The molecule has 0 bridgehead atoms. The van der Waals surface area contributed by atoms with Crippen molar-refractivity contribution in [3.8, 4) is 0 Å². The molecule has 0 radical (unpaired) electrons. The van der Waals surface area contributed by atoms with E-state index in [2.05, 4.69) is 0 Å². The van der Waals surface area contributed by atoms with Crippen molar-refractivity contribution in [2.24, 2.45) is 5.92 Å². The number of Topliss-reactive ketones (excluding diaryl/α,β-unsaturated/α-hetero) is 1. The SMILES string of the molecule is COC(=O)C(CCC(C)=O)[C@H]1CC[C@@H](C(=O)O)N1Cc1ccccc1. The third-order valence-electron chi connectivity index (χ3n) is 4.83. The number of carboxylic acid groups (broad SMARTS) is 1. The molecule has 1 saturated heterocycles. The highest BCUT2D eigenvalue weighted by atomic mass is 16.5. The number of carbonyl (C=O) groups is 3. The summed E-state index contributed by atoms with van der Waals surface area (Å²) in [6.45, 7) is 1.95. The number of carboxylic acids is 1. The number of ketones is 1. The Morgan fingerprint density at radius 3 is 2.48 bits per heavy atom. The van der Waals surface area contributed by atoms with E-state index in [-0.39, 0.29) is 24.2 Å². The number of hydrogen-bond acceptors (Lipinski definition) is 5. The first kappa shape index (κ1) is 19.1. The Morgan fingerprint density at radius 2 is 1.92 bits per heavy atom. The van der Waals surface area contributed by atoms with Crippen molar-refractivity contribution in [1.29, 1.82) is 0 Å². The molecule has 0 amide bonds. The summed E-state index contributed by atoms with van der Waals surface area (Å²) in [5, 5.41) is 9.56. The van der Waals surface area contributed by atoms with Gasteiger partial charge in [-0.15, -0.1) is 0 Å². The summed E-state index contributed by atoms with van der Waals surface area (Å²) in [4.78, 5) is 37.2. The van der Waals surface area contributed by atoms with Crippen molar-refractivity contribution >= 4 is 17.7 Å². The maximum atomic E-state index is 12.3. The highest BCUT2D eigenvalue weighted by Gasteiger charge is 2.44. The maximum Gasteiger partial charge on any atom is 0.320 e. The number of hydrogen-bond donors (Lipinski definition) is 1. The van der Waals surface area contributed by atoms with Gasteiger partial charge in [-0.25, -0.2) is 0 Å². The van der Waals surface area contributed by atoms with Crippen LogP contribution in [0.4, 0.5) is 0 Å². The monoisotopic (exact) mass is 347 g/mol. The molecule has 1 fully saturated rings. The lowest BCUT2D eigenvalue weighted by Gasteiger charge is -2.32. The van der Waals surface area contributed by atoms with Gasteiger partial charge in [-0.05, 0) is 31.7 Å². The number of ether oxygens (including phenoxy) is 1. The molecule has 0 aromatic heterocycles. The Kier molecular flexibility index (Phi) is 6.70. The number of rotatable bonds is 8. The minimum absolute atomic E-state index is 0.0105. The molecule has 136 valence electrons. The lowest BCUT2D eigenvalue weighted by Crippen LogP contribution is -2.45. The predicted octanol–water partition coefficient (Wildman–Crippen LogP) is 2.26. The third-order valence-corrected chi connectivity index (χ3v) is 4.83. The van der Waals surface area contributed by atoms with Crippen LogP contribution in [0.2, 0.25) is 0 Å². The zero-order chi connectivity index (χ0) is 18.4. The van der Waals surface area contributed by atoms with Gasteiger partial charge in [-0.1, -0.05) is 30.3 Å². The van der Waals surface area contributed by atoms with Gasteiger partial charge in [0.15, 0.2) is 0 Å². The number of aliphatic carboxylic acids is 1. The summed E-state index contributed by atoms with van der Waals surface area (Å²) in [6.07, 6.45) is 1.75. The largest absolute Gasteiger partial charge is 0.480 e. The summed E-state index contributed by atoms with van der Waals surface area (Å²) in [5.41, 5.74) is 0.996. The highest BCUT2D eigenvalue weighted by molar-refractivity contribution is 5.78. The highest BCUT2D eigenvalue weighted by Crippen LogP contribution is 2.33. The average Bonchev–Trinajstić information content (AvgIpc) is 2.99. The summed E-state index contributed by atoms with van der Waals surface area (Å²) >= 11 is 0. The number of methoxy groups -OCH3 is 1. The summed E-state index contributed by atoms with van der Waals surface area (Å²) < 4.78 is 4.93. The molecule has 1 aliphatic rings. The minimum Gasteiger partial charge on any atom is -0.480 e. The van der Waals surface area contributed by atoms with E-state index < -0.39 is 17.9 Å². The molecular weight excluding hydrogens is 322 g/mol. The first-order valence-electron chi connectivity index (χ1n) is 8.53. The maximum absolute atomic E-state index is 12.3. The molecule has 1 aromatic rings. The van der Waals surface area contributed by atoms with Crippen LogP contribution in [0.25, 0.3) is 0 Å². The van der Waals surface area contributed by atoms with Gasteiger partial charge in [0.1, 0.15) is 11.8 Å². The molecule has 1 N–H and O–H groups in total. The standard InChI is InChI=1S/C19H25NO5/c1-13(21)8-9-15(19(24)25-2)16-10-11-17(18(22)23)20(16)12-14-6-4-3-5-7-14/h3-7,15-17H,8-12H2,1-2H3,(H,22,23)/t15?,16-,17+/m1/s1. The van der Waals surface area contributed by atoms with Gasteiger partial charge in [0.05, 0.1) is 13.0 Å². The van der Waals surface area contributed by atoms with Gasteiger partial charge in [0, 0.05) is 19.0 Å². The van der Waals surface area contributed by atoms with E-state index in [4.69, 9.17) is 4.74 Å². The molecule has 1 unspecified atom stereocenters. The van der Waals surface area contributed by atoms with Gasteiger partial charge < -0.3 is 14.6 Å². The minimum atomic E-state index is -0.881. The predicted molar refractivity (Wildman–Crippen MR) is 91.9 cm³/mol. The van der Waals surface area contributed by atoms with Gasteiger partial charge in [0.25, 0.3) is 0 Å². The molecule has 2 rings (SSSR count). The third kappa shape index (κ3) is 4.89. The molecule has 0 spiro atoms. The molecule has 0 saturated carbocycles. The summed E-state index contributed by atoms with van der Waals surface area (Å²) in [6, 6.07) is 8.73. The lowest BCUT2D eigenvalue weighted by molar-refractivity contribution is -0.151. The van der Waals surface area contributed by atoms with Gasteiger partial charge in [-0.3, -0.25) is 14.5 Å². The second-order valence-corrected chi connectivity index (χ2v) is 6.53. The van der Waals surface area contributed by atoms with E-state index in [1.807, 2.05) is 35.2 Å². The van der Waals surface area contributed by atoms with Crippen LogP contribution >= 0.6 is 0 Å². The fourth-order valence-corrected chi connectivity index (χ4v) is 3.59. The average molecular weight is 347 g/mol. The van der Waals surface area contributed by atoms with E-state index in [0.29, 0.717) is 25.8 Å². The lowest BCUT2D eigenvalue weighted by atomic mass is 9.91. The van der Waals surface area contributed by atoms with Crippen LogP contribution in [0, 0.1) is 5.92 Å². The quantitative estimate of drug-likeness (QED) is 0.726. The molecule has 25 heavy (non-hydrogen) atoms. The molecule has 1 aromatic carbocycles. The Hall–Kier alpha value is -2.21. The Morgan fingerprint density at radius 1 is 1.24 bits per heavy atom. The topological polar surface area (TPSA) is 83.9 Å². The molecule has 0 aliphatic carbocycles. The van der Waals surface area contributed by atoms with E-state index in [1.165, 1.54) is 14.0 Å². The summed E-state index contributed by atoms with van der Waals surface area (Å²) in [7, 11) is 1.33. The first-order chi connectivity index (χ1) is 11.9. The van der Waals surface area contributed by atoms with Crippen molar-refractivity contribution in [3.63, 3.8) is 0 Å². The van der Waals surface area contributed by atoms with Crippen LogP contribution in [0.5, 0.6) is 0 Å². The molecule has 3 atom stereocenters. The normalized spacial score (nSPS) is 21.7. The number of likely N-dealkylation sites (tertiary alicyclic amines) is 1. The Bertz CT molecular complexity index is 616. The fraction of sp³-hybridized carbons (Fsp3) is 0.526. The molecular formula is C19H25NO5. The number of benzene rings is 1. The van der Waals surface area contributed by atoms with Gasteiger partial charge in [-0.2, -0.15) is 0 Å². The van der Waals surface area contributed by atoms with Crippen molar-refractivity contribution in [2.75, 3.05) is 7.11 Å². The van der Waals surface area contributed by atoms with Crippen LogP contribution in [0.1, 0.15) is 38.2 Å². The van der Waals surface area contributed by atoms with Crippen molar-refractivity contribution in [3.05, 3.63) is 35.9 Å². The van der Waals surface area contributed by atoms with Crippen molar-refractivity contribution in [1.82, 2.24) is 4.90 Å². The van der Waals surface area contributed by atoms with Crippen LogP contribution in [-0.4, -0.2) is 46.9 Å². The van der Waals surface area contributed by atoms with Crippen LogP contribution in [0.15, 0.2) is 30.3 Å². The summed E-state index contributed by atoms with van der Waals surface area (Å²) in [5.74, 6) is -1.75. The first-order valence-corrected chi connectivity index (χ1v) is 8.53. The number of esters is 1.